The third kappa shape index (κ3) is 7.81. The van der Waals surface area contributed by atoms with E-state index in [0.29, 0.717) is 11.6 Å². The van der Waals surface area contributed by atoms with Crippen molar-refractivity contribution in [1.29, 1.82) is 0 Å². The molecule has 2 rings (SSSR count). The summed E-state index contributed by atoms with van der Waals surface area (Å²) < 4.78 is 38.0. The van der Waals surface area contributed by atoms with Crippen LogP contribution >= 0.6 is 0 Å². The van der Waals surface area contributed by atoms with E-state index in [-0.39, 0.29) is 11.1 Å². The van der Waals surface area contributed by atoms with Crippen LogP contribution in [0.3, 0.4) is 0 Å². The van der Waals surface area contributed by atoms with Gasteiger partial charge < -0.3 is 10.4 Å². The number of phenolic OH excluding ortho intramolecular Hbond substituents is 1. The number of phenols is 1. The third-order valence-electron chi connectivity index (χ3n) is 5.72. The Labute approximate surface area is 194 Å². The van der Waals surface area contributed by atoms with Gasteiger partial charge in [0, 0.05) is 6.08 Å². The number of hydrogen-bond donors (Lipinski definition) is 2. The van der Waals surface area contributed by atoms with E-state index in [2.05, 4.69) is 38.2 Å². The van der Waals surface area contributed by atoms with Gasteiger partial charge in [-0.05, 0) is 74.8 Å². The molecule has 178 valence electrons. The lowest BCUT2D eigenvalue weighted by molar-refractivity contribution is -0.137. The number of carbonyl (C=O) groups is 1. The van der Waals surface area contributed by atoms with Crippen LogP contribution in [0.25, 0.3) is 0 Å². The van der Waals surface area contributed by atoms with Gasteiger partial charge in [0.1, 0.15) is 5.75 Å². The Kier molecular flexibility index (Phi) is 8.53. The molecule has 0 radical (unpaired) electrons. The molecule has 1 aliphatic rings. The average molecular weight is 460 g/mol. The van der Waals surface area contributed by atoms with Crippen LogP contribution < -0.4 is 5.32 Å². The Hall–Kier alpha value is -3.02. The highest BCUT2D eigenvalue weighted by molar-refractivity contribution is 6.00. The van der Waals surface area contributed by atoms with Crippen molar-refractivity contribution in [3.8, 4) is 5.75 Å². The van der Waals surface area contributed by atoms with E-state index in [0.717, 1.165) is 24.1 Å². The van der Waals surface area contributed by atoms with Crippen LogP contribution in [0.4, 0.5) is 18.9 Å². The molecule has 3 nitrogen and oxygen atoms in total. The van der Waals surface area contributed by atoms with Crippen LogP contribution in [0.15, 0.2) is 76.9 Å². The minimum Gasteiger partial charge on any atom is -0.506 e. The van der Waals surface area contributed by atoms with Gasteiger partial charge in [-0.25, -0.2) is 0 Å². The van der Waals surface area contributed by atoms with E-state index in [1.165, 1.54) is 30.1 Å². The summed E-state index contributed by atoms with van der Waals surface area (Å²) in [6.45, 7) is 10.5. The van der Waals surface area contributed by atoms with Crippen LogP contribution in [0, 0.1) is 5.41 Å². The van der Waals surface area contributed by atoms with Crippen molar-refractivity contribution in [2.75, 3.05) is 5.32 Å². The zero-order chi connectivity index (χ0) is 24.8. The molecule has 0 saturated carbocycles. The number of hydrogen-bond acceptors (Lipinski definition) is 2. The summed E-state index contributed by atoms with van der Waals surface area (Å²) >= 11 is 0. The number of halogens is 3. The van der Waals surface area contributed by atoms with Gasteiger partial charge >= 0.3 is 6.18 Å². The van der Waals surface area contributed by atoms with Crippen molar-refractivity contribution in [2.45, 2.75) is 60.1 Å². The van der Waals surface area contributed by atoms with Crippen LogP contribution in [0.1, 0.15) is 59.4 Å². The van der Waals surface area contributed by atoms with Crippen LogP contribution in [0.5, 0.6) is 5.75 Å². The summed E-state index contributed by atoms with van der Waals surface area (Å²) in [5.41, 5.74) is 3.67. The lowest BCUT2D eigenvalue weighted by Gasteiger charge is -2.32. The number of allylic oxidation sites excluding steroid dienone is 9. The zero-order valence-corrected chi connectivity index (χ0v) is 19.8. The second-order valence-corrected chi connectivity index (χ2v) is 9.14. The fraction of sp³-hybridized carbons (Fsp3) is 0.370. The normalized spacial score (nSPS) is 17.8. The second kappa shape index (κ2) is 10.7. The highest BCUT2D eigenvalue weighted by Crippen LogP contribution is 2.40. The first kappa shape index (κ1) is 26.2. The number of anilines is 1. The van der Waals surface area contributed by atoms with Gasteiger partial charge in [-0.1, -0.05) is 55.4 Å². The van der Waals surface area contributed by atoms with E-state index in [1.54, 1.807) is 13.0 Å². The molecule has 1 aromatic carbocycles. The molecule has 0 aliphatic heterocycles. The van der Waals surface area contributed by atoms with Crippen molar-refractivity contribution in [1.82, 2.24) is 0 Å². The van der Waals surface area contributed by atoms with Crippen LogP contribution in [-0.2, 0) is 11.0 Å². The molecule has 0 spiro atoms. The highest BCUT2D eigenvalue weighted by Gasteiger charge is 2.31. The maximum absolute atomic E-state index is 12.7. The molecule has 33 heavy (non-hydrogen) atoms. The van der Waals surface area contributed by atoms with Gasteiger partial charge in [0.2, 0.25) is 5.91 Å². The van der Waals surface area contributed by atoms with Gasteiger partial charge in [-0.2, -0.15) is 13.2 Å². The predicted octanol–water partition coefficient (Wildman–Crippen LogP) is 7.88. The van der Waals surface area contributed by atoms with E-state index in [4.69, 9.17) is 0 Å². The van der Waals surface area contributed by atoms with Crippen LogP contribution in [0.2, 0.25) is 0 Å². The van der Waals surface area contributed by atoms with Crippen molar-refractivity contribution in [3.05, 3.63) is 82.5 Å². The number of alkyl halides is 3. The first-order valence-corrected chi connectivity index (χ1v) is 10.9. The third-order valence-corrected chi connectivity index (χ3v) is 5.72. The second-order valence-electron chi connectivity index (χ2n) is 9.14. The number of nitrogens with one attached hydrogen (secondary N) is 1. The van der Waals surface area contributed by atoms with Gasteiger partial charge in [-0.3, -0.25) is 4.79 Å². The Morgan fingerprint density at radius 2 is 1.85 bits per heavy atom. The minimum absolute atomic E-state index is 0.0860. The van der Waals surface area contributed by atoms with E-state index < -0.39 is 23.4 Å². The molecule has 0 fully saturated rings. The molecule has 2 N–H and O–H groups in total. The molecule has 1 amide bonds. The molecule has 0 unspecified atom stereocenters. The Morgan fingerprint density at radius 1 is 1.15 bits per heavy atom. The first-order chi connectivity index (χ1) is 15.3. The molecular weight excluding hydrogens is 427 g/mol. The topological polar surface area (TPSA) is 49.3 Å². The number of rotatable bonds is 6. The fourth-order valence-electron chi connectivity index (χ4n) is 3.87. The number of carbonyl (C=O) groups excluding carboxylic acids is 1. The number of benzene rings is 1. The molecule has 1 aromatic rings. The SMILES string of the molecule is CC(C=CC1=C(C)CCCC1(C)C)=CC=CC(C)=CC(=O)Nc1ccc(C(F)(F)F)cc1O. The smallest absolute Gasteiger partial charge is 0.416 e. The van der Waals surface area contributed by atoms with E-state index in [9.17, 15) is 23.1 Å². The zero-order valence-electron chi connectivity index (χ0n) is 19.8. The van der Waals surface area contributed by atoms with Gasteiger partial charge in [0.05, 0.1) is 11.3 Å². The molecule has 6 heteroatoms. The molecule has 0 heterocycles. The first-order valence-electron chi connectivity index (χ1n) is 10.9. The molecule has 0 atom stereocenters. The van der Waals surface area contributed by atoms with Gasteiger partial charge in [-0.15, -0.1) is 0 Å². The maximum atomic E-state index is 12.7. The summed E-state index contributed by atoms with van der Waals surface area (Å²) in [6.07, 6.45) is 10.1. The largest absolute Gasteiger partial charge is 0.506 e. The average Bonchev–Trinajstić information content (AvgIpc) is 2.67. The minimum atomic E-state index is -4.56. The lowest BCUT2D eigenvalue weighted by Crippen LogP contribution is -2.19. The molecule has 0 aromatic heterocycles. The number of aromatic hydroxyl groups is 1. The highest BCUT2D eigenvalue weighted by atomic mass is 19.4. The van der Waals surface area contributed by atoms with E-state index in [1.807, 2.05) is 19.1 Å². The Bertz CT molecular complexity index is 1040. The summed E-state index contributed by atoms with van der Waals surface area (Å²) in [6, 6.07) is 2.41. The lowest BCUT2D eigenvalue weighted by atomic mass is 9.72. The molecular formula is C27H32F3NO2. The Morgan fingerprint density at radius 3 is 2.45 bits per heavy atom. The number of amides is 1. The van der Waals surface area contributed by atoms with Crippen LogP contribution in [-0.4, -0.2) is 11.0 Å². The predicted molar refractivity (Wildman–Crippen MR) is 128 cm³/mol. The molecule has 0 saturated heterocycles. The standard InChI is InChI=1S/C27H32F3NO2/c1-18(11-13-22-20(3)10-7-15-26(22,4)5)8-6-9-19(2)16-25(33)31-23-14-12-21(17-24(23)32)27(28,29)30/h6,8-9,11-14,16-17,32H,7,10,15H2,1-5H3,(H,31,33). The van der Waals surface area contributed by atoms with Gasteiger partial charge in [0.15, 0.2) is 0 Å². The summed E-state index contributed by atoms with van der Waals surface area (Å²) in [7, 11) is 0. The van der Waals surface area contributed by atoms with Crippen molar-refractivity contribution >= 4 is 11.6 Å². The van der Waals surface area contributed by atoms with E-state index >= 15 is 0 Å². The Balaban J connectivity index is 2.00. The van der Waals surface area contributed by atoms with Crippen molar-refractivity contribution in [2.24, 2.45) is 5.41 Å². The van der Waals surface area contributed by atoms with Gasteiger partial charge in [0.25, 0.3) is 0 Å². The summed E-state index contributed by atoms with van der Waals surface area (Å²) in [5.74, 6) is -1.19. The maximum Gasteiger partial charge on any atom is 0.416 e. The van der Waals surface area contributed by atoms with Crippen molar-refractivity contribution < 1.29 is 23.1 Å². The summed E-state index contributed by atoms with van der Waals surface area (Å²) in [5, 5.41) is 12.2. The summed E-state index contributed by atoms with van der Waals surface area (Å²) in [4.78, 5) is 12.1. The monoisotopic (exact) mass is 459 g/mol. The fourth-order valence-corrected chi connectivity index (χ4v) is 3.87. The quantitative estimate of drug-likeness (QED) is 0.258. The molecule has 1 aliphatic carbocycles. The molecule has 0 bridgehead atoms. The van der Waals surface area contributed by atoms with Crippen molar-refractivity contribution in [3.63, 3.8) is 0 Å².